The van der Waals surface area contributed by atoms with E-state index in [9.17, 15) is 4.79 Å². The Balaban J connectivity index is 1.55. The van der Waals surface area contributed by atoms with Gasteiger partial charge in [0, 0.05) is 18.0 Å². The summed E-state index contributed by atoms with van der Waals surface area (Å²) in [5.41, 5.74) is 3.92. The van der Waals surface area contributed by atoms with E-state index in [1.54, 1.807) is 25.6 Å². The van der Waals surface area contributed by atoms with E-state index in [4.69, 9.17) is 9.47 Å². The van der Waals surface area contributed by atoms with Gasteiger partial charge in [-0.15, -0.1) is 11.3 Å². The van der Waals surface area contributed by atoms with E-state index in [1.165, 1.54) is 4.88 Å². The molecule has 0 atom stereocenters. The zero-order valence-corrected chi connectivity index (χ0v) is 18.8. The standard InChI is InChI=1S/C25H26N2O3S/c1-17-13-21-24(31-17)15-22(27(21)16-18-7-6-9-20(14-18)29-2)25(28)26-12-11-19-8-4-5-10-23(19)30-3/h4-10,13-15H,11-12,16H2,1-3H3,(H,26,28). The molecular formula is C25H26N2O3S. The molecule has 4 rings (SSSR count). The number of aromatic nitrogens is 1. The largest absolute Gasteiger partial charge is 0.497 e. The molecule has 0 fully saturated rings. The molecule has 0 radical (unpaired) electrons. The van der Waals surface area contributed by atoms with Gasteiger partial charge in [0.1, 0.15) is 17.2 Å². The predicted octanol–water partition coefficient (Wildman–Crippen LogP) is 5.05. The highest BCUT2D eigenvalue weighted by Gasteiger charge is 2.18. The molecule has 4 aromatic rings. The van der Waals surface area contributed by atoms with Crippen molar-refractivity contribution in [1.82, 2.24) is 9.88 Å². The van der Waals surface area contributed by atoms with Crippen LogP contribution in [0.25, 0.3) is 10.2 Å². The first-order chi connectivity index (χ1) is 15.1. The van der Waals surface area contributed by atoms with E-state index in [0.717, 1.165) is 32.8 Å². The van der Waals surface area contributed by atoms with E-state index < -0.39 is 0 Å². The lowest BCUT2D eigenvalue weighted by Gasteiger charge is -2.12. The maximum Gasteiger partial charge on any atom is 0.267 e. The van der Waals surface area contributed by atoms with Crippen molar-refractivity contribution in [2.24, 2.45) is 0 Å². The molecule has 0 spiro atoms. The van der Waals surface area contributed by atoms with Gasteiger partial charge in [-0.3, -0.25) is 4.79 Å². The third-order valence-electron chi connectivity index (χ3n) is 5.29. The van der Waals surface area contributed by atoms with Crippen molar-refractivity contribution in [3.05, 3.63) is 82.4 Å². The van der Waals surface area contributed by atoms with Crippen LogP contribution in [-0.2, 0) is 13.0 Å². The maximum absolute atomic E-state index is 13.1. The number of amides is 1. The number of carbonyl (C=O) groups is 1. The van der Waals surface area contributed by atoms with Crippen LogP contribution in [0.3, 0.4) is 0 Å². The molecule has 2 heterocycles. The van der Waals surface area contributed by atoms with Crippen molar-refractivity contribution < 1.29 is 14.3 Å². The molecule has 5 nitrogen and oxygen atoms in total. The van der Waals surface area contributed by atoms with Crippen molar-refractivity contribution in [2.75, 3.05) is 20.8 Å². The maximum atomic E-state index is 13.1. The van der Waals surface area contributed by atoms with Gasteiger partial charge >= 0.3 is 0 Å². The lowest BCUT2D eigenvalue weighted by molar-refractivity contribution is 0.0945. The van der Waals surface area contributed by atoms with Crippen molar-refractivity contribution in [3.63, 3.8) is 0 Å². The second-order valence-electron chi connectivity index (χ2n) is 7.39. The Hall–Kier alpha value is -3.25. The van der Waals surface area contributed by atoms with Gasteiger partial charge in [-0.1, -0.05) is 30.3 Å². The normalized spacial score (nSPS) is 10.9. The van der Waals surface area contributed by atoms with Gasteiger partial charge in [0.25, 0.3) is 5.91 Å². The average molecular weight is 435 g/mol. The Morgan fingerprint density at radius 2 is 1.87 bits per heavy atom. The summed E-state index contributed by atoms with van der Waals surface area (Å²) < 4.78 is 14.0. The predicted molar refractivity (Wildman–Crippen MR) is 126 cm³/mol. The molecule has 0 saturated carbocycles. The minimum absolute atomic E-state index is 0.0705. The molecule has 160 valence electrons. The molecule has 0 aliphatic rings. The van der Waals surface area contributed by atoms with E-state index in [1.807, 2.05) is 48.5 Å². The number of nitrogens with zero attached hydrogens (tertiary/aromatic N) is 1. The number of benzene rings is 2. The Kier molecular flexibility index (Phi) is 6.28. The first kappa shape index (κ1) is 21.0. The number of aryl methyl sites for hydroxylation is 1. The molecule has 1 amide bonds. The highest BCUT2D eigenvalue weighted by molar-refractivity contribution is 7.19. The smallest absolute Gasteiger partial charge is 0.267 e. The van der Waals surface area contributed by atoms with Crippen molar-refractivity contribution in [3.8, 4) is 11.5 Å². The van der Waals surface area contributed by atoms with Crippen LogP contribution in [0.1, 0.15) is 26.5 Å². The van der Waals surface area contributed by atoms with Crippen LogP contribution in [-0.4, -0.2) is 31.2 Å². The Bertz CT molecular complexity index is 1210. The summed E-state index contributed by atoms with van der Waals surface area (Å²) in [7, 11) is 3.33. The zero-order valence-electron chi connectivity index (χ0n) is 18.0. The number of fused-ring (bicyclic) bond motifs is 1. The molecular weight excluding hydrogens is 408 g/mol. The molecule has 2 aromatic heterocycles. The number of hydrogen-bond donors (Lipinski definition) is 1. The summed E-state index contributed by atoms with van der Waals surface area (Å²) >= 11 is 1.71. The van der Waals surface area contributed by atoms with Crippen molar-refractivity contribution >= 4 is 27.5 Å². The van der Waals surface area contributed by atoms with Crippen LogP contribution in [0.2, 0.25) is 0 Å². The van der Waals surface area contributed by atoms with Crippen LogP contribution in [0, 0.1) is 6.92 Å². The zero-order chi connectivity index (χ0) is 21.8. The number of ether oxygens (including phenoxy) is 2. The third kappa shape index (κ3) is 4.59. The lowest BCUT2D eigenvalue weighted by atomic mass is 10.1. The van der Waals surface area contributed by atoms with Gasteiger partial charge in [-0.05, 0) is 54.8 Å². The van der Waals surface area contributed by atoms with Crippen LogP contribution in [0.4, 0.5) is 0 Å². The fourth-order valence-electron chi connectivity index (χ4n) is 3.79. The number of carbonyl (C=O) groups excluding carboxylic acids is 1. The second-order valence-corrected chi connectivity index (χ2v) is 8.68. The monoisotopic (exact) mass is 434 g/mol. The number of thiophene rings is 1. The number of nitrogens with one attached hydrogen (secondary N) is 1. The third-order valence-corrected chi connectivity index (χ3v) is 6.28. The van der Waals surface area contributed by atoms with Crippen LogP contribution in [0.5, 0.6) is 11.5 Å². The van der Waals surface area contributed by atoms with Gasteiger partial charge in [0.15, 0.2) is 0 Å². The lowest BCUT2D eigenvalue weighted by Crippen LogP contribution is -2.28. The SMILES string of the molecule is COc1cccc(Cn2c(C(=O)NCCc3ccccc3OC)cc3sc(C)cc32)c1. The first-order valence-corrected chi connectivity index (χ1v) is 11.0. The van der Waals surface area contributed by atoms with Gasteiger partial charge in [0.2, 0.25) is 0 Å². The fraction of sp³-hybridized carbons (Fsp3) is 0.240. The molecule has 0 aliphatic carbocycles. The molecule has 0 saturated heterocycles. The highest BCUT2D eigenvalue weighted by atomic mass is 32.1. The molecule has 1 N–H and O–H groups in total. The van der Waals surface area contributed by atoms with Gasteiger partial charge < -0.3 is 19.4 Å². The Labute approximate surface area is 186 Å². The summed E-state index contributed by atoms with van der Waals surface area (Å²) in [5, 5.41) is 3.08. The number of para-hydroxylation sites is 1. The summed E-state index contributed by atoms with van der Waals surface area (Å²) in [6.45, 7) is 3.23. The second kappa shape index (κ2) is 9.27. The van der Waals surface area contributed by atoms with E-state index in [0.29, 0.717) is 25.2 Å². The number of rotatable bonds is 8. The Morgan fingerprint density at radius 1 is 1.03 bits per heavy atom. The van der Waals surface area contributed by atoms with Gasteiger partial charge in [-0.25, -0.2) is 0 Å². The Morgan fingerprint density at radius 3 is 2.68 bits per heavy atom. The fourth-order valence-corrected chi connectivity index (χ4v) is 4.75. The first-order valence-electron chi connectivity index (χ1n) is 10.2. The van der Waals surface area contributed by atoms with E-state index in [-0.39, 0.29) is 5.91 Å². The molecule has 6 heteroatoms. The van der Waals surface area contributed by atoms with Crippen LogP contribution < -0.4 is 14.8 Å². The van der Waals surface area contributed by atoms with E-state index in [2.05, 4.69) is 28.9 Å². The van der Waals surface area contributed by atoms with Gasteiger partial charge in [-0.2, -0.15) is 0 Å². The highest BCUT2D eigenvalue weighted by Crippen LogP contribution is 2.30. The summed E-state index contributed by atoms with van der Waals surface area (Å²) in [4.78, 5) is 14.3. The molecule has 31 heavy (non-hydrogen) atoms. The minimum atomic E-state index is -0.0705. The average Bonchev–Trinajstić information content (AvgIpc) is 3.31. The molecule has 0 bridgehead atoms. The molecule has 2 aromatic carbocycles. The molecule has 0 aliphatic heterocycles. The van der Waals surface area contributed by atoms with Crippen molar-refractivity contribution in [1.29, 1.82) is 0 Å². The van der Waals surface area contributed by atoms with Crippen molar-refractivity contribution in [2.45, 2.75) is 19.9 Å². The van der Waals surface area contributed by atoms with Crippen LogP contribution >= 0.6 is 11.3 Å². The summed E-state index contributed by atoms with van der Waals surface area (Å²) in [6, 6.07) is 20.0. The quantitative estimate of drug-likeness (QED) is 0.422. The summed E-state index contributed by atoms with van der Waals surface area (Å²) in [5.74, 6) is 1.58. The van der Waals surface area contributed by atoms with E-state index >= 15 is 0 Å². The number of methoxy groups -OCH3 is 2. The van der Waals surface area contributed by atoms with Gasteiger partial charge in [0.05, 0.1) is 24.4 Å². The summed E-state index contributed by atoms with van der Waals surface area (Å²) in [6.07, 6.45) is 0.708. The topological polar surface area (TPSA) is 52.5 Å². The molecule has 0 unspecified atom stereocenters. The minimum Gasteiger partial charge on any atom is -0.497 e. The van der Waals surface area contributed by atoms with Crippen LogP contribution in [0.15, 0.2) is 60.7 Å². The number of hydrogen-bond acceptors (Lipinski definition) is 4.